The SMILES string of the molecule is CCN(CCN1C2CCCC1CC(N)C2)C1CC1. The third-order valence-electron chi connectivity index (χ3n) is 5.28. The lowest BCUT2D eigenvalue weighted by molar-refractivity contribution is 0.0233. The molecular formula is C15H29N3. The van der Waals surface area contributed by atoms with E-state index in [-0.39, 0.29) is 0 Å². The van der Waals surface area contributed by atoms with E-state index in [9.17, 15) is 0 Å². The molecule has 2 N–H and O–H groups in total. The number of hydrogen-bond acceptors (Lipinski definition) is 3. The van der Waals surface area contributed by atoms with E-state index in [4.69, 9.17) is 5.73 Å². The minimum absolute atomic E-state index is 0.474. The minimum Gasteiger partial charge on any atom is -0.328 e. The van der Waals surface area contributed by atoms with Gasteiger partial charge in [0.1, 0.15) is 0 Å². The zero-order chi connectivity index (χ0) is 12.5. The van der Waals surface area contributed by atoms with E-state index >= 15 is 0 Å². The molecule has 3 rings (SSSR count). The van der Waals surface area contributed by atoms with E-state index in [1.807, 2.05) is 0 Å². The molecule has 3 fully saturated rings. The van der Waals surface area contributed by atoms with Crippen molar-refractivity contribution < 1.29 is 0 Å². The van der Waals surface area contributed by atoms with Gasteiger partial charge in [-0.3, -0.25) is 9.80 Å². The van der Waals surface area contributed by atoms with Crippen LogP contribution in [-0.2, 0) is 0 Å². The standard InChI is InChI=1S/C15H29N3/c1-2-17(13-6-7-13)8-9-18-14-4-3-5-15(18)11-12(16)10-14/h12-15H,2-11,16H2,1H3. The molecule has 2 unspecified atom stereocenters. The summed E-state index contributed by atoms with van der Waals surface area (Å²) in [5, 5.41) is 0. The van der Waals surface area contributed by atoms with Gasteiger partial charge in [-0.2, -0.15) is 0 Å². The van der Waals surface area contributed by atoms with Crippen LogP contribution in [0.25, 0.3) is 0 Å². The lowest BCUT2D eigenvalue weighted by atomic mass is 9.82. The van der Waals surface area contributed by atoms with Gasteiger partial charge in [-0.25, -0.2) is 0 Å². The Labute approximate surface area is 112 Å². The Kier molecular flexibility index (Phi) is 3.92. The van der Waals surface area contributed by atoms with Crippen molar-refractivity contribution in [1.82, 2.24) is 9.80 Å². The summed E-state index contributed by atoms with van der Waals surface area (Å²) in [5.74, 6) is 0. The largest absolute Gasteiger partial charge is 0.328 e. The fraction of sp³-hybridized carbons (Fsp3) is 1.00. The van der Waals surface area contributed by atoms with Gasteiger partial charge >= 0.3 is 0 Å². The number of rotatable bonds is 5. The summed E-state index contributed by atoms with van der Waals surface area (Å²) in [6.45, 7) is 6.11. The Hall–Kier alpha value is -0.120. The molecule has 0 aromatic rings. The quantitative estimate of drug-likeness (QED) is 0.809. The van der Waals surface area contributed by atoms with E-state index in [1.54, 1.807) is 0 Å². The second-order valence-electron chi connectivity index (χ2n) is 6.57. The van der Waals surface area contributed by atoms with Crippen molar-refractivity contribution in [2.24, 2.45) is 5.73 Å². The molecule has 2 saturated heterocycles. The van der Waals surface area contributed by atoms with Crippen LogP contribution in [0, 0.1) is 0 Å². The maximum Gasteiger partial charge on any atom is 0.0115 e. The van der Waals surface area contributed by atoms with Gasteiger partial charge < -0.3 is 5.73 Å². The molecule has 3 aliphatic rings. The maximum atomic E-state index is 6.19. The van der Waals surface area contributed by atoms with Crippen LogP contribution in [0.4, 0.5) is 0 Å². The highest BCUT2D eigenvalue weighted by Gasteiger charge is 2.37. The summed E-state index contributed by atoms with van der Waals surface area (Å²) in [6, 6.07) is 2.99. The predicted molar refractivity (Wildman–Crippen MR) is 75.6 cm³/mol. The predicted octanol–water partition coefficient (Wildman–Crippen LogP) is 1.81. The molecule has 1 saturated carbocycles. The molecular weight excluding hydrogens is 222 g/mol. The van der Waals surface area contributed by atoms with Crippen LogP contribution < -0.4 is 5.73 Å². The van der Waals surface area contributed by atoms with Crippen LogP contribution in [0.5, 0.6) is 0 Å². The first-order chi connectivity index (χ1) is 8.78. The van der Waals surface area contributed by atoms with Gasteiger partial charge in [0.2, 0.25) is 0 Å². The van der Waals surface area contributed by atoms with E-state index in [0.717, 1.165) is 18.1 Å². The van der Waals surface area contributed by atoms with Gasteiger partial charge in [-0.1, -0.05) is 13.3 Å². The second kappa shape index (κ2) is 5.48. The van der Waals surface area contributed by atoms with Crippen LogP contribution in [0.2, 0.25) is 0 Å². The van der Waals surface area contributed by atoms with E-state index in [0.29, 0.717) is 6.04 Å². The molecule has 2 heterocycles. The van der Waals surface area contributed by atoms with Gasteiger partial charge in [-0.15, -0.1) is 0 Å². The van der Waals surface area contributed by atoms with Crippen molar-refractivity contribution in [3.8, 4) is 0 Å². The van der Waals surface area contributed by atoms with Crippen molar-refractivity contribution in [1.29, 1.82) is 0 Å². The third-order valence-corrected chi connectivity index (χ3v) is 5.28. The normalized spacial score (nSPS) is 37.2. The average Bonchev–Trinajstić information content (AvgIpc) is 3.14. The van der Waals surface area contributed by atoms with Crippen molar-refractivity contribution >= 4 is 0 Å². The molecule has 1 aliphatic carbocycles. The van der Waals surface area contributed by atoms with Crippen LogP contribution in [-0.4, -0.2) is 53.6 Å². The Bertz CT molecular complexity index is 263. The second-order valence-corrected chi connectivity index (χ2v) is 6.57. The molecule has 2 atom stereocenters. The van der Waals surface area contributed by atoms with Gasteiger partial charge in [0, 0.05) is 37.3 Å². The highest BCUT2D eigenvalue weighted by molar-refractivity contribution is 4.94. The number of piperidine rings is 2. The first kappa shape index (κ1) is 12.9. The molecule has 0 spiro atoms. The van der Waals surface area contributed by atoms with Crippen molar-refractivity contribution in [2.75, 3.05) is 19.6 Å². The van der Waals surface area contributed by atoms with E-state index < -0.39 is 0 Å². The summed E-state index contributed by atoms with van der Waals surface area (Å²) in [7, 11) is 0. The van der Waals surface area contributed by atoms with E-state index in [2.05, 4.69) is 16.7 Å². The maximum absolute atomic E-state index is 6.19. The Morgan fingerprint density at radius 2 is 1.78 bits per heavy atom. The molecule has 0 aromatic heterocycles. The number of nitrogens with two attached hydrogens (primary N) is 1. The molecule has 18 heavy (non-hydrogen) atoms. The molecule has 0 aromatic carbocycles. The van der Waals surface area contributed by atoms with Gasteiger partial charge in [0.25, 0.3) is 0 Å². The Morgan fingerprint density at radius 3 is 2.33 bits per heavy atom. The van der Waals surface area contributed by atoms with E-state index in [1.165, 1.54) is 64.6 Å². The van der Waals surface area contributed by atoms with Crippen molar-refractivity contribution in [3.63, 3.8) is 0 Å². The number of fused-ring (bicyclic) bond motifs is 2. The lowest BCUT2D eigenvalue weighted by Gasteiger charge is -2.48. The topological polar surface area (TPSA) is 32.5 Å². The van der Waals surface area contributed by atoms with Crippen LogP contribution in [0.15, 0.2) is 0 Å². The molecule has 3 heteroatoms. The monoisotopic (exact) mass is 251 g/mol. The summed E-state index contributed by atoms with van der Waals surface area (Å²) >= 11 is 0. The molecule has 2 aliphatic heterocycles. The average molecular weight is 251 g/mol. The van der Waals surface area contributed by atoms with Gasteiger partial charge in [0.15, 0.2) is 0 Å². The van der Waals surface area contributed by atoms with Crippen molar-refractivity contribution in [2.45, 2.75) is 76.0 Å². The zero-order valence-corrected chi connectivity index (χ0v) is 11.9. The summed E-state index contributed by atoms with van der Waals surface area (Å²) < 4.78 is 0. The fourth-order valence-electron chi connectivity index (χ4n) is 4.17. The highest BCUT2D eigenvalue weighted by atomic mass is 15.3. The molecule has 0 radical (unpaired) electrons. The van der Waals surface area contributed by atoms with Gasteiger partial charge in [0.05, 0.1) is 0 Å². The number of hydrogen-bond donors (Lipinski definition) is 1. The smallest absolute Gasteiger partial charge is 0.0115 e. The molecule has 104 valence electrons. The highest BCUT2D eigenvalue weighted by Crippen LogP contribution is 2.33. The number of nitrogens with zero attached hydrogens (tertiary/aromatic N) is 2. The fourth-order valence-corrected chi connectivity index (χ4v) is 4.17. The summed E-state index contributed by atoms with van der Waals surface area (Å²) in [4.78, 5) is 5.49. The summed E-state index contributed by atoms with van der Waals surface area (Å²) in [6.07, 6.45) is 9.56. The zero-order valence-electron chi connectivity index (χ0n) is 11.9. The van der Waals surface area contributed by atoms with Crippen LogP contribution >= 0.6 is 0 Å². The third kappa shape index (κ3) is 2.73. The van der Waals surface area contributed by atoms with Gasteiger partial charge in [-0.05, 0) is 45.1 Å². The van der Waals surface area contributed by atoms with Crippen LogP contribution in [0.3, 0.4) is 0 Å². The van der Waals surface area contributed by atoms with Crippen LogP contribution in [0.1, 0.15) is 51.9 Å². The number of likely N-dealkylation sites (N-methyl/N-ethyl adjacent to an activating group) is 1. The molecule has 2 bridgehead atoms. The molecule has 0 amide bonds. The minimum atomic E-state index is 0.474. The Balaban J connectivity index is 1.54. The lowest BCUT2D eigenvalue weighted by Crippen LogP contribution is -2.56. The first-order valence-corrected chi connectivity index (χ1v) is 8.03. The Morgan fingerprint density at radius 1 is 1.11 bits per heavy atom. The first-order valence-electron chi connectivity index (χ1n) is 8.03. The van der Waals surface area contributed by atoms with Crippen molar-refractivity contribution in [3.05, 3.63) is 0 Å². The molecule has 3 nitrogen and oxygen atoms in total. The summed E-state index contributed by atoms with van der Waals surface area (Å²) in [5.41, 5.74) is 6.19.